The summed E-state index contributed by atoms with van der Waals surface area (Å²) in [5.41, 5.74) is -0.0676. The van der Waals surface area contributed by atoms with Crippen LogP contribution in [0.25, 0.3) is 10.9 Å². The van der Waals surface area contributed by atoms with Gasteiger partial charge in [-0.2, -0.15) is 30.2 Å². The minimum Gasteiger partial charge on any atom is -0.481 e. The van der Waals surface area contributed by atoms with E-state index in [0.29, 0.717) is 41.0 Å². The van der Waals surface area contributed by atoms with E-state index in [9.17, 15) is 27.2 Å². The molecule has 0 bridgehead atoms. The lowest BCUT2D eigenvalue weighted by molar-refractivity contribution is -0.142. The largest absolute Gasteiger partial charge is 0.481 e. The molecule has 0 amide bonds. The topological polar surface area (TPSA) is 97.2 Å². The highest BCUT2D eigenvalue weighted by atomic mass is 32.2. The number of alkyl halides is 3. The molecule has 0 spiro atoms. The summed E-state index contributed by atoms with van der Waals surface area (Å²) in [5, 5.41) is 18.1. The Morgan fingerprint density at radius 3 is 2.16 bits per heavy atom. The molecule has 2 N–H and O–H groups in total. The van der Waals surface area contributed by atoms with E-state index in [0.717, 1.165) is 29.7 Å². The second kappa shape index (κ2) is 13.1. The number of carboxylic acid groups (broad SMARTS) is 1. The molecule has 4 aromatic rings. The molecule has 1 aromatic heterocycles. The number of aromatic amines is 1. The summed E-state index contributed by atoms with van der Waals surface area (Å²) in [5.74, 6) is -0.215. The van der Waals surface area contributed by atoms with Gasteiger partial charge in [-0.15, -0.1) is 0 Å². The average Bonchev–Trinajstić information content (AvgIpc) is 2.98. The Kier molecular flexibility index (Phi) is 9.69. The van der Waals surface area contributed by atoms with Crippen molar-refractivity contribution in [2.75, 3.05) is 29.5 Å². The van der Waals surface area contributed by atoms with Gasteiger partial charge < -0.3 is 15.0 Å². The van der Waals surface area contributed by atoms with Crippen LogP contribution in [-0.4, -0.2) is 40.7 Å². The van der Waals surface area contributed by atoms with Gasteiger partial charge >= 0.3 is 12.1 Å². The van der Waals surface area contributed by atoms with E-state index in [1.165, 1.54) is 42.6 Å². The molecule has 3 aromatic carbocycles. The predicted molar refractivity (Wildman–Crippen MR) is 160 cm³/mol. The van der Waals surface area contributed by atoms with Crippen LogP contribution in [0, 0.1) is 23.0 Å². The molecule has 1 fully saturated rings. The Labute approximate surface area is 254 Å². The Bertz CT molecular complexity index is 1760. The molecule has 1 aliphatic heterocycles. The van der Waals surface area contributed by atoms with E-state index >= 15 is 4.39 Å². The maximum absolute atomic E-state index is 15.3. The molecule has 0 radical (unpaired) electrons. The minimum atomic E-state index is -4.44. The minimum absolute atomic E-state index is 0.0496. The molecular weight excluding hydrogens is 601 g/mol. The number of H-pyrrole nitrogens is 1. The van der Waals surface area contributed by atoms with Crippen molar-refractivity contribution >= 4 is 34.3 Å². The number of carbonyl (C=O) groups is 1. The number of rotatable bonds is 5. The third-order valence-electron chi connectivity index (χ3n) is 7.41. The third-order valence-corrected chi connectivity index (χ3v) is 8.36. The highest BCUT2D eigenvalue weighted by molar-refractivity contribution is 7.99. The van der Waals surface area contributed by atoms with Crippen molar-refractivity contribution in [1.29, 1.82) is 5.26 Å². The smallest absolute Gasteiger partial charge is 0.416 e. The molecule has 0 atom stereocenters. The maximum Gasteiger partial charge on any atom is 0.416 e. The Hall–Kier alpha value is -4.37. The van der Waals surface area contributed by atoms with Crippen molar-refractivity contribution < 1.29 is 31.9 Å². The lowest BCUT2D eigenvalue weighted by Crippen LogP contribution is -2.34. The van der Waals surface area contributed by atoms with Gasteiger partial charge in [0, 0.05) is 42.8 Å². The lowest BCUT2D eigenvalue weighted by atomic mass is 9.85. The first kappa shape index (κ1) is 32.5. The van der Waals surface area contributed by atoms with Crippen molar-refractivity contribution in [2.24, 2.45) is 0 Å². The van der Waals surface area contributed by atoms with Crippen LogP contribution in [-0.2, 0) is 22.8 Å². The molecule has 2 heterocycles. The number of pyridine rings is 1. The summed E-state index contributed by atoms with van der Waals surface area (Å²) in [6.07, 6.45) is -3.03. The standard InChI is InChI=1S/C22H17F4N3OS.C10H11FO2/c23-18-10-17-19(28-12-14(11-27)21(17)30)16(20(18)29-5-7-31-8-6-29)9-13-1-3-15(4-2-13)22(24,25)26;1-10(2,9(12)13)7-3-5-8(11)6-4-7/h1-4,10,12H,5-9H2,(H,28,30);3-6H,1-2H3,(H,12,13). The molecule has 0 unspecified atom stereocenters. The van der Waals surface area contributed by atoms with Crippen LogP contribution in [0.1, 0.15) is 41.7 Å². The number of thioether (sulfide) groups is 1. The number of fused-ring (bicyclic) bond motifs is 1. The number of hydrogen-bond donors (Lipinski definition) is 2. The highest BCUT2D eigenvalue weighted by Gasteiger charge is 2.31. The van der Waals surface area contributed by atoms with Gasteiger partial charge in [-0.05, 0) is 55.3 Å². The van der Waals surface area contributed by atoms with Gasteiger partial charge in [-0.1, -0.05) is 24.3 Å². The number of nitrogens with one attached hydrogen (secondary N) is 1. The van der Waals surface area contributed by atoms with E-state index in [2.05, 4.69) is 4.98 Å². The van der Waals surface area contributed by atoms with E-state index in [1.54, 1.807) is 31.7 Å². The Balaban J connectivity index is 0.000000285. The average molecular weight is 630 g/mol. The number of halogens is 5. The number of aliphatic carboxylic acids is 1. The summed E-state index contributed by atoms with van der Waals surface area (Å²) in [6.45, 7) is 4.41. The molecule has 1 aliphatic rings. The number of aromatic nitrogens is 1. The molecule has 5 rings (SSSR count). The van der Waals surface area contributed by atoms with Gasteiger partial charge in [0.15, 0.2) is 0 Å². The normalized spacial score (nSPS) is 13.6. The van der Waals surface area contributed by atoms with E-state index in [4.69, 9.17) is 10.4 Å². The molecule has 6 nitrogen and oxygen atoms in total. The second-order valence-corrected chi connectivity index (χ2v) is 11.9. The van der Waals surface area contributed by atoms with Gasteiger partial charge in [0.1, 0.15) is 23.3 Å². The summed E-state index contributed by atoms with van der Waals surface area (Å²) in [6, 6.07) is 13.1. The van der Waals surface area contributed by atoms with Crippen molar-refractivity contribution in [3.05, 3.63) is 110 Å². The number of benzene rings is 3. The summed E-state index contributed by atoms with van der Waals surface area (Å²) >= 11 is 1.76. The fourth-order valence-electron chi connectivity index (χ4n) is 4.78. The summed E-state index contributed by atoms with van der Waals surface area (Å²) in [4.78, 5) is 28.3. The fourth-order valence-corrected chi connectivity index (χ4v) is 5.68. The molecule has 12 heteroatoms. The van der Waals surface area contributed by atoms with Gasteiger partial charge in [-0.3, -0.25) is 9.59 Å². The first-order valence-electron chi connectivity index (χ1n) is 13.5. The zero-order valence-electron chi connectivity index (χ0n) is 23.8. The maximum atomic E-state index is 15.3. The number of nitrogens with zero attached hydrogens (tertiary/aromatic N) is 2. The van der Waals surface area contributed by atoms with Crippen LogP contribution in [0.3, 0.4) is 0 Å². The first-order chi connectivity index (χ1) is 20.7. The highest BCUT2D eigenvalue weighted by Crippen LogP contribution is 2.35. The third kappa shape index (κ3) is 7.05. The summed E-state index contributed by atoms with van der Waals surface area (Å²) < 4.78 is 66.5. The fraction of sp³-hybridized carbons (Fsp3) is 0.281. The first-order valence-corrected chi connectivity index (χ1v) is 14.6. The predicted octanol–water partition coefficient (Wildman–Crippen LogP) is 6.89. The van der Waals surface area contributed by atoms with Gasteiger partial charge in [0.2, 0.25) is 5.43 Å². The lowest BCUT2D eigenvalue weighted by Gasteiger charge is -2.31. The monoisotopic (exact) mass is 629 g/mol. The van der Waals surface area contributed by atoms with Crippen LogP contribution in [0.2, 0.25) is 0 Å². The molecule has 44 heavy (non-hydrogen) atoms. The van der Waals surface area contributed by atoms with Crippen LogP contribution in [0.15, 0.2) is 65.6 Å². The van der Waals surface area contributed by atoms with Gasteiger partial charge in [0.05, 0.1) is 27.6 Å². The van der Waals surface area contributed by atoms with Crippen molar-refractivity contribution in [2.45, 2.75) is 31.9 Å². The van der Waals surface area contributed by atoms with E-state index in [1.807, 2.05) is 4.90 Å². The zero-order chi connectivity index (χ0) is 32.2. The summed E-state index contributed by atoms with van der Waals surface area (Å²) in [7, 11) is 0. The van der Waals surface area contributed by atoms with Crippen molar-refractivity contribution in [3.63, 3.8) is 0 Å². The number of hydrogen-bond acceptors (Lipinski definition) is 5. The molecular formula is C32H28F5N3O3S. The molecule has 0 aliphatic carbocycles. The van der Waals surface area contributed by atoms with Crippen LogP contribution < -0.4 is 10.3 Å². The number of carboxylic acids is 1. The van der Waals surface area contributed by atoms with Crippen molar-refractivity contribution in [1.82, 2.24) is 4.98 Å². The molecule has 0 saturated carbocycles. The quantitative estimate of drug-likeness (QED) is 0.234. The second-order valence-electron chi connectivity index (χ2n) is 10.7. The van der Waals surface area contributed by atoms with E-state index in [-0.39, 0.29) is 23.2 Å². The Morgan fingerprint density at radius 1 is 1.02 bits per heavy atom. The van der Waals surface area contributed by atoms with Crippen LogP contribution >= 0.6 is 11.8 Å². The SMILES string of the molecule is CC(C)(C(=O)O)c1ccc(F)cc1.N#Cc1c[nH]c2c(Cc3ccc(C(F)(F)F)cc3)c(N3CCSCC3)c(F)cc2c1=O. The molecule has 230 valence electrons. The number of nitriles is 1. The zero-order valence-corrected chi connectivity index (χ0v) is 24.6. The van der Waals surface area contributed by atoms with E-state index < -0.39 is 34.4 Å². The number of anilines is 1. The van der Waals surface area contributed by atoms with Crippen LogP contribution in [0.4, 0.5) is 27.6 Å². The molecule has 1 saturated heterocycles. The van der Waals surface area contributed by atoms with Gasteiger partial charge in [-0.25, -0.2) is 8.78 Å². The van der Waals surface area contributed by atoms with Crippen LogP contribution in [0.5, 0.6) is 0 Å². The van der Waals surface area contributed by atoms with Crippen molar-refractivity contribution in [3.8, 4) is 6.07 Å². The Morgan fingerprint density at radius 2 is 1.61 bits per heavy atom. The van der Waals surface area contributed by atoms with Gasteiger partial charge in [0.25, 0.3) is 0 Å².